The molecular weight excluding hydrogens is 402 g/mol. The summed E-state index contributed by atoms with van der Waals surface area (Å²) >= 11 is 4.43. The van der Waals surface area contributed by atoms with E-state index in [0.717, 1.165) is 53.1 Å². The molecule has 1 aliphatic rings. The second-order valence-electron chi connectivity index (χ2n) is 6.54. The molecule has 3 N–H and O–H groups in total. The standard InChI is InChI=1S/C17H23N5O2S3/c1-10-16(26-9-14(18)23)27-17(19-10)21-15(24)12-3-5-22(6-4-12)7-13-8-25-11(2)20-13/h8,12H,3-7,9H2,1-2H3,(H2,18,23)(H,19,21,24). The molecule has 1 saturated heterocycles. The fourth-order valence-corrected chi connectivity index (χ4v) is 5.46. The van der Waals surface area contributed by atoms with Crippen molar-refractivity contribution in [1.29, 1.82) is 0 Å². The molecule has 10 heteroatoms. The van der Waals surface area contributed by atoms with Crippen LogP contribution in [0.15, 0.2) is 9.59 Å². The number of rotatable bonds is 7. The monoisotopic (exact) mass is 425 g/mol. The molecule has 7 nitrogen and oxygen atoms in total. The van der Waals surface area contributed by atoms with E-state index in [1.807, 2.05) is 13.8 Å². The number of piperidine rings is 1. The van der Waals surface area contributed by atoms with Gasteiger partial charge in [0.2, 0.25) is 11.8 Å². The molecule has 0 spiro atoms. The number of anilines is 1. The predicted molar refractivity (Wildman–Crippen MR) is 110 cm³/mol. The molecule has 1 fully saturated rings. The van der Waals surface area contributed by atoms with E-state index in [1.54, 1.807) is 11.3 Å². The molecule has 0 unspecified atom stereocenters. The molecule has 2 aromatic rings. The van der Waals surface area contributed by atoms with Crippen molar-refractivity contribution in [3.05, 3.63) is 21.8 Å². The summed E-state index contributed by atoms with van der Waals surface area (Å²) in [6, 6.07) is 0. The zero-order chi connectivity index (χ0) is 19.4. The normalized spacial score (nSPS) is 15.8. The van der Waals surface area contributed by atoms with Crippen LogP contribution in [-0.4, -0.2) is 45.5 Å². The third-order valence-electron chi connectivity index (χ3n) is 4.34. The molecule has 0 bridgehead atoms. The number of primary amides is 1. The van der Waals surface area contributed by atoms with Crippen molar-refractivity contribution in [2.45, 2.75) is 37.4 Å². The third kappa shape index (κ3) is 5.74. The summed E-state index contributed by atoms with van der Waals surface area (Å²) in [6.45, 7) is 6.53. The van der Waals surface area contributed by atoms with Crippen LogP contribution in [0.3, 0.4) is 0 Å². The third-order valence-corrected chi connectivity index (χ3v) is 7.62. The average molecular weight is 426 g/mol. The number of nitrogens with zero attached hydrogens (tertiary/aromatic N) is 3. The first-order valence-electron chi connectivity index (χ1n) is 8.73. The van der Waals surface area contributed by atoms with Gasteiger partial charge in [-0.1, -0.05) is 11.3 Å². The number of nitrogens with one attached hydrogen (secondary N) is 1. The molecule has 1 aliphatic heterocycles. The Hall–Kier alpha value is -1.49. The highest BCUT2D eigenvalue weighted by Gasteiger charge is 2.26. The van der Waals surface area contributed by atoms with Crippen LogP contribution in [0, 0.1) is 19.8 Å². The topological polar surface area (TPSA) is 101 Å². The first-order valence-corrected chi connectivity index (χ1v) is 11.4. The van der Waals surface area contributed by atoms with E-state index < -0.39 is 0 Å². The second kappa shape index (κ2) is 9.13. The highest BCUT2D eigenvalue weighted by Crippen LogP contribution is 2.32. The van der Waals surface area contributed by atoms with Crippen molar-refractivity contribution >= 4 is 51.4 Å². The van der Waals surface area contributed by atoms with Gasteiger partial charge in [0.15, 0.2) is 5.13 Å². The van der Waals surface area contributed by atoms with Crippen LogP contribution in [-0.2, 0) is 16.1 Å². The Morgan fingerprint density at radius 1 is 1.33 bits per heavy atom. The van der Waals surface area contributed by atoms with Crippen molar-refractivity contribution in [2.75, 3.05) is 24.2 Å². The van der Waals surface area contributed by atoms with Gasteiger partial charge < -0.3 is 11.1 Å². The van der Waals surface area contributed by atoms with Crippen LogP contribution >= 0.6 is 34.4 Å². The van der Waals surface area contributed by atoms with Gasteiger partial charge in [0.05, 0.1) is 26.4 Å². The summed E-state index contributed by atoms with van der Waals surface area (Å²) < 4.78 is 0.914. The van der Waals surface area contributed by atoms with Gasteiger partial charge in [-0.05, 0) is 39.8 Å². The minimum Gasteiger partial charge on any atom is -0.369 e. The fraction of sp³-hybridized carbons (Fsp3) is 0.529. The van der Waals surface area contributed by atoms with Gasteiger partial charge in [-0.25, -0.2) is 9.97 Å². The largest absolute Gasteiger partial charge is 0.369 e. The van der Waals surface area contributed by atoms with E-state index in [4.69, 9.17) is 5.73 Å². The minimum atomic E-state index is -0.363. The zero-order valence-electron chi connectivity index (χ0n) is 15.4. The number of thiazole rings is 2. The fourth-order valence-electron chi connectivity index (χ4n) is 2.98. The van der Waals surface area contributed by atoms with E-state index in [2.05, 4.69) is 25.6 Å². The van der Waals surface area contributed by atoms with Crippen molar-refractivity contribution in [3.63, 3.8) is 0 Å². The maximum Gasteiger partial charge on any atom is 0.229 e. The number of aryl methyl sites for hydroxylation is 2. The summed E-state index contributed by atoms with van der Waals surface area (Å²) in [5.74, 6) is -0.116. The van der Waals surface area contributed by atoms with Gasteiger partial charge in [0, 0.05) is 17.8 Å². The summed E-state index contributed by atoms with van der Waals surface area (Å²) in [5, 5.41) is 6.72. The Bertz CT molecular complexity index is 811. The van der Waals surface area contributed by atoms with Crippen molar-refractivity contribution < 1.29 is 9.59 Å². The summed E-state index contributed by atoms with van der Waals surface area (Å²) in [6.07, 6.45) is 1.67. The number of likely N-dealkylation sites (tertiary alicyclic amines) is 1. The van der Waals surface area contributed by atoms with Crippen LogP contribution in [0.25, 0.3) is 0 Å². The molecule has 0 saturated carbocycles. The summed E-state index contributed by atoms with van der Waals surface area (Å²) in [7, 11) is 0. The van der Waals surface area contributed by atoms with Gasteiger partial charge in [-0.3, -0.25) is 14.5 Å². The Morgan fingerprint density at radius 3 is 2.70 bits per heavy atom. The molecule has 3 rings (SSSR count). The molecule has 2 amide bonds. The van der Waals surface area contributed by atoms with Gasteiger partial charge in [-0.15, -0.1) is 23.1 Å². The highest BCUT2D eigenvalue weighted by molar-refractivity contribution is 8.01. The van der Waals surface area contributed by atoms with Gasteiger partial charge in [-0.2, -0.15) is 0 Å². The minimum absolute atomic E-state index is 0.00403. The molecule has 0 radical (unpaired) electrons. The number of hydrogen-bond acceptors (Lipinski definition) is 8. The van der Waals surface area contributed by atoms with Crippen molar-refractivity contribution in [3.8, 4) is 0 Å². The van der Waals surface area contributed by atoms with Gasteiger partial charge >= 0.3 is 0 Å². The lowest BCUT2D eigenvalue weighted by atomic mass is 9.96. The quantitative estimate of drug-likeness (QED) is 0.662. The average Bonchev–Trinajstić information content (AvgIpc) is 3.18. The van der Waals surface area contributed by atoms with E-state index in [0.29, 0.717) is 5.13 Å². The van der Waals surface area contributed by atoms with Gasteiger partial charge in [0.1, 0.15) is 0 Å². The number of thioether (sulfide) groups is 1. The molecule has 3 heterocycles. The number of nitrogens with two attached hydrogens (primary N) is 1. The molecule has 2 aromatic heterocycles. The first-order chi connectivity index (χ1) is 12.9. The number of carbonyl (C=O) groups excluding carboxylic acids is 2. The molecule has 0 aromatic carbocycles. The van der Waals surface area contributed by atoms with E-state index in [-0.39, 0.29) is 23.5 Å². The first kappa shape index (κ1) is 20.2. The Morgan fingerprint density at radius 2 is 2.07 bits per heavy atom. The summed E-state index contributed by atoms with van der Waals surface area (Å²) in [4.78, 5) is 34.7. The highest BCUT2D eigenvalue weighted by atomic mass is 32.2. The van der Waals surface area contributed by atoms with Gasteiger partial charge in [0.25, 0.3) is 0 Å². The number of hydrogen-bond donors (Lipinski definition) is 2. The molecular formula is C17H23N5O2S3. The maximum atomic E-state index is 12.6. The van der Waals surface area contributed by atoms with Crippen LogP contribution < -0.4 is 11.1 Å². The summed E-state index contributed by atoms with van der Waals surface area (Å²) in [5.41, 5.74) is 7.11. The lowest BCUT2D eigenvalue weighted by molar-refractivity contribution is -0.121. The molecule has 27 heavy (non-hydrogen) atoms. The van der Waals surface area contributed by atoms with E-state index in [1.165, 1.54) is 23.1 Å². The van der Waals surface area contributed by atoms with E-state index >= 15 is 0 Å². The number of aromatic nitrogens is 2. The zero-order valence-corrected chi connectivity index (χ0v) is 17.8. The maximum absolute atomic E-state index is 12.6. The van der Waals surface area contributed by atoms with E-state index in [9.17, 15) is 9.59 Å². The van der Waals surface area contributed by atoms with Crippen LogP contribution in [0.1, 0.15) is 29.2 Å². The Balaban J connectivity index is 1.48. The molecule has 0 aliphatic carbocycles. The van der Waals surface area contributed by atoms with Crippen LogP contribution in [0.4, 0.5) is 5.13 Å². The van der Waals surface area contributed by atoms with Crippen molar-refractivity contribution in [2.24, 2.45) is 11.7 Å². The van der Waals surface area contributed by atoms with Crippen LogP contribution in [0.2, 0.25) is 0 Å². The SMILES string of the molecule is Cc1nc(CN2CCC(C(=O)Nc3nc(C)c(SCC(N)=O)s3)CC2)cs1. The van der Waals surface area contributed by atoms with Crippen molar-refractivity contribution in [1.82, 2.24) is 14.9 Å². The molecule has 146 valence electrons. The lowest BCUT2D eigenvalue weighted by Gasteiger charge is -2.30. The van der Waals surface area contributed by atoms with Crippen LogP contribution in [0.5, 0.6) is 0 Å². The number of carbonyl (C=O) groups is 2. The number of amides is 2. The molecule has 0 atom stereocenters. The second-order valence-corrected chi connectivity index (χ2v) is 9.85. The Kier molecular flexibility index (Phi) is 6.85. The Labute approximate surface area is 170 Å². The predicted octanol–water partition coefficient (Wildman–Crippen LogP) is 2.64. The smallest absolute Gasteiger partial charge is 0.229 e. The lowest BCUT2D eigenvalue weighted by Crippen LogP contribution is -2.37.